The van der Waals surface area contributed by atoms with Crippen molar-refractivity contribution in [3.8, 4) is 0 Å². The number of fused-ring (bicyclic) bond motifs is 1. The topological polar surface area (TPSA) is 66.9 Å². The Balaban J connectivity index is 1.81. The maximum atomic E-state index is 12.1. The zero-order chi connectivity index (χ0) is 13.2. The molecule has 0 saturated carbocycles. The number of carbonyl (C=O) groups is 1. The maximum absolute atomic E-state index is 12.1. The van der Waals surface area contributed by atoms with Gasteiger partial charge in [0.05, 0.1) is 0 Å². The fraction of sp³-hybridized carbons (Fsp3) is 0.154. The van der Waals surface area contributed by atoms with Gasteiger partial charge in [-0.25, -0.2) is 9.97 Å². The Morgan fingerprint density at radius 2 is 2.05 bits per heavy atom. The normalized spacial score (nSPS) is 13.1. The summed E-state index contributed by atoms with van der Waals surface area (Å²) in [7, 11) is 0. The van der Waals surface area contributed by atoms with Gasteiger partial charge in [0.1, 0.15) is 17.3 Å². The van der Waals surface area contributed by atoms with Crippen LogP contribution in [0, 0.1) is 0 Å². The molecule has 5 nitrogen and oxygen atoms in total. The van der Waals surface area contributed by atoms with Crippen LogP contribution in [-0.2, 0) is 13.1 Å². The van der Waals surface area contributed by atoms with Crippen LogP contribution >= 0.6 is 11.6 Å². The number of nitrogens with one attached hydrogen (secondary N) is 2. The highest BCUT2D eigenvalue weighted by Gasteiger charge is 2.13. The average Bonchev–Trinajstić information content (AvgIpc) is 2.85. The molecule has 1 aromatic heterocycles. The van der Waals surface area contributed by atoms with Crippen molar-refractivity contribution in [1.82, 2.24) is 15.3 Å². The van der Waals surface area contributed by atoms with E-state index in [1.54, 1.807) is 0 Å². The van der Waals surface area contributed by atoms with Gasteiger partial charge in [-0.1, -0.05) is 17.7 Å². The molecule has 0 radical (unpaired) electrons. The van der Waals surface area contributed by atoms with Gasteiger partial charge in [0, 0.05) is 24.7 Å². The van der Waals surface area contributed by atoms with Gasteiger partial charge < -0.3 is 10.6 Å². The van der Waals surface area contributed by atoms with Gasteiger partial charge in [-0.3, -0.25) is 4.79 Å². The van der Waals surface area contributed by atoms with E-state index in [-0.39, 0.29) is 5.91 Å². The second-order valence-electron chi connectivity index (χ2n) is 4.27. The quantitative estimate of drug-likeness (QED) is 0.822. The molecular formula is C13H11ClN4O. The van der Waals surface area contributed by atoms with E-state index < -0.39 is 0 Å². The van der Waals surface area contributed by atoms with Gasteiger partial charge in [-0.15, -0.1) is 0 Å². The Kier molecular flexibility index (Phi) is 3.15. The fourth-order valence-corrected chi connectivity index (χ4v) is 2.17. The zero-order valence-corrected chi connectivity index (χ0v) is 10.7. The van der Waals surface area contributed by atoms with Crippen molar-refractivity contribution in [2.24, 2.45) is 0 Å². The minimum Gasteiger partial charge on any atom is -0.309 e. The second kappa shape index (κ2) is 4.95. The van der Waals surface area contributed by atoms with Crippen LogP contribution in [0.15, 0.2) is 30.6 Å². The highest BCUT2D eigenvalue weighted by atomic mass is 35.5. The summed E-state index contributed by atoms with van der Waals surface area (Å²) in [5.74, 6) is 0.188. The van der Waals surface area contributed by atoms with Crippen molar-refractivity contribution >= 4 is 23.3 Å². The largest absolute Gasteiger partial charge is 0.309 e. The van der Waals surface area contributed by atoms with Crippen LogP contribution < -0.4 is 10.6 Å². The lowest BCUT2D eigenvalue weighted by Crippen LogP contribution is -2.13. The first kappa shape index (κ1) is 12.1. The summed E-state index contributed by atoms with van der Waals surface area (Å²) in [5, 5.41) is 6.23. The molecule has 2 N–H and O–H groups in total. The molecule has 6 heteroatoms. The van der Waals surface area contributed by atoms with Crippen molar-refractivity contribution in [2.75, 3.05) is 5.32 Å². The molecule has 96 valence electrons. The third kappa shape index (κ3) is 2.57. The molecule has 1 aliphatic rings. The van der Waals surface area contributed by atoms with E-state index in [0.29, 0.717) is 16.5 Å². The number of anilines is 1. The molecule has 1 amide bonds. The van der Waals surface area contributed by atoms with Crippen molar-refractivity contribution in [1.29, 1.82) is 0 Å². The lowest BCUT2D eigenvalue weighted by Gasteiger charge is -2.06. The first-order valence-corrected chi connectivity index (χ1v) is 6.21. The van der Waals surface area contributed by atoms with E-state index in [4.69, 9.17) is 11.6 Å². The monoisotopic (exact) mass is 274 g/mol. The third-order valence-corrected chi connectivity index (χ3v) is 3.18. The smallest absolute Gasteiger partial charge is 0.256 e. The standard InChI is InChI=1S/C13H11ClN4O/c14-11-4-12(17-7-16-11)18-13(19)8-1-2-9-5-15-6-10(9)3-8/h1-4,7,15H,5-6H2,(H,16,17,18,19). The molecule has 0 saturated heterocycles. The Labute approximate surface area is 115 Å². The predicted molar refractivity (Wildman–Crippen MR) is 72.0 cm³/mol. The molecule has 2 heterocycles. The van der Waals surface area contributed by atoms with Gasteiger partial charge in [-0.05, 0) is 23.3 Å². The van der Waals surface area contributed by atoms with E-state index >= 15 is 0 Å². The van der Waals surface area contributed by atoms with Gasteiger partial charge in [-0.2, -0.15) is 0 Å². The molecule has 0 atom stereocenters. The minimum absolute atomic E-state index is 0.204. The van der Waals surface area contributed by atoms with Crippen LogP contribution in [0.3, 0.4) is 0 Å². The first-order chi connectivity index (χ1) is 9.22. The highest BCUT2D eigenvalue weighted by molar-refractivity contribution is 6.29. The Hall–Kier alpha value is -1.98. The number of halogens is 1. The van der Waals surface area contributed by atoms with Crippen LogP contribution in [-0.4, -0.2) is 15.9 Å². The average molecular weight is 275 g/mol. The molecule has 0 spiro atoms. The number of hydrogen-bond donors (Lipinski definition) is 2. The van der Waals surface area contributed by atoms with Crippen molar-refractivity contribution < 1.29 is 4.79 Å². The molecule has 0 aliphatic carbocycles. The number of amides is 1. The van der Waals surface area contributed by atoms with Crippen LogP contribution in [0.1, 0.15) is 21.5 Å². The summed E-state index contributed by atoms with van der Waals surface area (Å²) in [5.41, 5.74) is 3.01. The summed E-state index contributed by atoms with van der Waals surface area (Å²) < 4.78 is 0. The molecule has 0 fully saturated rings. The Morgan fingerprint density at radius 3 is 2.89 bits per heavy atom. The predicted octanol–water partition coefficient (Wildman–Crippen LogP) is 1.99. The molecule has 0 bridgehead atoms. The van der Waals surface area contributed by atoms with Crippen molar-refractivity contribution in [3.05, 3.63) is 52.4 Å². The summed E-state index contributed by atoms with van der Waals surface area (Å²) >= 11 is 5.74. The van der Waals surface area contributed by atoms with Gasteiger partial charge in [0.25, 0.3) is 5.91 Å². The maximum Gasteiger partial charge on any atom is 0.256 e. The van der Waals surface area contributed by atoms with Crippen molar-refractivity contribution in [3.63, 3.8) is 0 Å². The lowest BCUT2D eigenvalue weighted by atomic mass is 10.1. The fourth-order valence-electron chi connectivity index (χ4n) is 2.03. The van der Waals surface area contributed by atoms with Crippen LogP contribution in [0.5, 0.6) is 0 Å². The molecule has 19 heavy (non-hydrogen) atoms. The third-order valence-electron chi connectivity index (χ3n) is 2.97. The van der Waals surface area contributed by atoms with Crippen LogP contribution in [0.4, 0.5) is 5.82 Å². The number of benzene rings is 1. The molecular weight excluding hydrogens is 264 g/mol. The van der Waals surface area contributed by atoms with E-state index in [2.05, 4.69) is 20.6 Å². The van der Waals surface area contributed by atoms with Gasteiger partial charge in [0.2, 0.25) is 0 Å². The minimum atomic E-state index is -0.204. The van der Waals surface area contributed by atoms with Gasteiger partial charge in [0.15, 0.2) is 0 Å². The van der Waals surface area contributed by atoms with Crippen LogP contribution in [0.2, 0.25) is 5.15 Å². The molecule has 1 aliphatic heterocycles. The summed E-state index contributed by atoms with van der Waals surface area (Å²) in [4.78, 5) is 19.8. The van der Waals surface area contributed by atoms with E-state index in [0.717, 1.165) is 18.7 Å². The van der Waals surface area contributed by atoms with Gasteiger partial charge >= 0.3 is 0 Å². The number of carbonyl (C=O) groups excluding carboxylic acids is 1. The lowest BCUT2D eigenvalue weighted by molar-refractivity contribution is 0.102. The number of aromatic nitrogens is 2. The number of rotatable bonds is 2. The van der Waals surface area contributed by atoms with Crippen molar-refractivity contribution in [2.45, 2.75) is 13.1 Å². The molecule has 2 aromatic rings. The summed E-state index contributed by atoms with van der Waals surface area (Å²) in [6.07, 6.45) is 1.31. The van der Waals surface area contributed by atoms with E-state index in [1.165, 1.54) is 18.0 Å². The summed E-state index contributed by atoms with van der Waals surface area (Å²) in [6, 6.07) is 7.18. The van der Waals surface area contributed by atoms with E-state index in [1.807, 2.05) is 18.2 Å². The Morgan fingerprint density at radius 1 is 1.21 bits per heavy atom. The number of nitrogens with zero attached hydrogens (tertiary/aromatic N) is 2. The molecule has 0 unspecified atom stereocenters. The highest BCUT2D eigenvalue weighted by Crippen LogP contribution is 2.18. The molecule has 1 aromatic carbocycles. The number of hydrogen-bond acceptors (Lipinski definition) is 4. The summed E-state index contributed by atoms with van der Waals surface area (Å²) in [6.45, 7) is 1.66. The van der Waals surface area contributed by atoms with Crippen LogP contribution in [0.25, 0.3) is 0 Å². The van der Waals surface area contributed by atoms with E-state index in [9.17, 15) is 4.79 Å². The Bertz CT molecular complexity index is 644. The molecule has 3 rings (SSSR count). The zero-order valence-electron chi connectivity index (χ0n) is 9.98. The first-order valence-electron chi connectivity index (χ1n) is 5.84. The SMILES string of the molecule is O=C(Nc1cc(Cl)ncn1)c1ccc2c(c1)CNC2. The second-order valence-corrected chi connectivity index (χ2v) is 4.65.